The Bertz CT molecular complexity index is 777. The van der Waals surface area contributed by atoms with Gasteiger partial charge in [0.25, 0.3) is 0 Å². The SMILES string of the molecule is Cc1cc(Nc2ccc(NCCCN(CCO)CCO)cc2)c(NCC=O)cc1O. The van der Waals surface area contributed by atoms with Crippen molar-refractivity contribution in [2.75, 3.05) is 61.9 Å². The van der Waals surface area contributed by atoms with E-state index in [0.29, 0.717) is 18.8 Å². The maximum absolute atomic E-state index is 10.7. The lowest BCUT2D eigenvalue weighted by atomic mass is 10.1. The molecule has 6 N–H and O–H groups in total. The topological polar surface area (TPSA) is 117 Å². The van der Waals surface area contributed by atoms with E-state index in [1.54, 1.807) is 6.07 Å². The second-order valence-electron chi connectivity index (χ2n) is 7.00. The second kappa shape index (κ2) is 12.7. The van der Waals surface area contributed by atoms with Crippen LogP contribution in [0.1, 0.15) is 12.0 Å². The van der Waals surface area contributed by atoms with E-state index >= 15 is 0 Å². The summed E-state index contributed by atoms with van der Waals surface area (Å²) >= 11 is 0. The summed E-state index contributed by atoms with van der Waals surface area (Å²) < 4.78 is 0. The van der Waals surface area contributed by atoms with Crippen LogP contribution in [0.3, 0.4) is 0 Å². The van der Waals surface area contributed by atoms with Gasteiger partial charge in [0.05, 0.1) is 31.1 Å². The van der Waals surface area contributed by atoms with Gasteiger partial charge in [0.1, 0.15) is 12.0 Å². The quantitative estimate of drug-likeness (QED) is 0.158. The molecule has 30 heavy (non-hydrogen) atoms. The number of carbonyl (C=O) groups excluding carboxylic acids is 1. The van der Waals surface area contributed by atoms with Gasteiger partial charge >= 0.3 is 0 Å². The van der Waals surface area contributed by atoms with Gasteiger partial charge in [-0.25, -0.2) is 0 Å². The molecular weight excluding hydrogens is 384 g/mol. The Hall–Kier alpha value is -2.81. The molecule has 2 aromatic carbocycles. The molecule has 0 aromatic heterocycles. The molecule has 0 amide bonds. The number of phenols is 1. The molecule has 0 aliphatic rings. The largest absolute Gasteiger partial charge is 0.508 e. The van der Waals surface area contributed by atoms with Crippen LogP contribution in [0.25, 0.3) is 0 Å². The van der Waals surface area contributed by atoms with Crippen LogP contribution in [-0.2, 0) is 4.79 Å². The van der Waals surface area contributed by atoms with Gasteiger partial charge in [0.2, 0.25) is 0 Å². The van der Waals surface area contributed by atoms with E-state index in [1.165, 1.54) is 0 Å². The number of hydrogen-bond donors (Lipinski definition) is 6. The van der Waals surface area contributed by atoms with Crippen molar-refractivity contribution in [3.05, 3.63) is 42.0 Å². The lowest BCUT2D eigenvalue weighted by molar-refractivity contribution is -0.106. The van der Waals surface area contributed by atoms with Crippen LogP contribution >= 0.6 is 0 Å². The molecule has 0 aliphatic carbocycles. The number of anilines is 4. The molecule has 0 fully saturated rings. The first kappa shape index (κ1) is 23.5. The van der Waals surface area contributed by atoms with Crippen molar-refractivity contribution < 1.29 is 20.1 Å². The number of aliphatic hydroxyl groups is 2. The van der Waals surface area contributed by atoms with Crippen molar-refractivity contribution in [1.29, 1.82) is 0 Å². The number of carbonyl (C=O) groups is 1. The van der Waals surface area contributed by atoms with Crippen molar-refractivity contribution in [2.24, 2.45) is 0 Å². The predicted molar refractivity (Wildman–Crippen MR) is 121 cm³/mol. The molecule has 0 aliphatic heterocycles. The van der Waals surface area contributed by atoms with Crippen molar-refractivity contribution in [3.63, 3.8) is 0 Å². The summed E-state index contributed by atoms with van der Waals surface area (Å²) in [6.07, 6.45) is 1.67. The minimum atomic E-state index is 0.0921. The third-order valence-electron chi connectivity index (χ3n) is 4.69. The lowest BCUT2D eigenvalue weighted by Crippen LogP contribution is -2.31. The van der Waals surface area contributed by atoms with Crippen LogP contribution in [0.4, 0.5) is 22.7 Å². The molecule has 8 heteroatoms. The molecule has 2 aromatic rings. The van der Waals surface area contributed by atoms with Crippen molar-refractivity contribution in [2.45, 2.75) is 13.3 Å². The van der Waals surface area contributed by atoms with Crippen molar-refractivity contribution >= 4 is 29.0 Å². The molecular formula is C22H32N4O4. The van der Waals surface area contributed by atoms with Gasteiger partial charge in [-0.05, 0) is 55.8 Å². The Morgan fingerprint density at radius 3 is 2.23 bits per heavy atom. The van der Waals surface area contributed by atoms with Gasteiger partial charge < -0.3 is 36.1 Å². The van der Waals surface area contributed by atoms with E-state index in [4.69, 9.17) is 10.2 Å². The van der Waals surface area contributed by atoms with Crippen LogP contribution in [0.5, 0.6) is 5.75 Å². The number of benzene rings is 2. The smallest absolute Gasteiger partial charge is 0.139 e. The highest BCUT2D eigenvalue weighted by Crippen LogP contribution is 2.32. The molecule has 164 valence electrons. The van der Waals surface area contributed by atoms with Gasteiger partial charge in [-0.3, -0.25) is 4.90 Å². The van der Waals surface area contributed by atoms with Gasteiger partial charge in [-0.15, -0.1) is 0 Å². The number of phenolic OH excluding ortho intramolecular Hbond substituents is 1. The zero-order valence-corrected chi connectivity index (χ0v) is 17.4. The summed E-state index contributed by atoms with van der Waals surface area (Å²) in [5, 5.41) is 37.7. The monoisotopic (exact) mass is 416 g/mol. The molecule has 0 saturated carbocycles. The van der Waals surface area contributed by atoms with Gasteiger partial charge in [-0.1, -0.05) is 0 Å². The highest BCUT2D eigenvalue weighted by molar-refractivity contribution is 5.78. The molecule has 0 saturated heterocycles. The Labute approximate surface area is 177 Å². The number of nitrogens with zero attached hydrogens (tertiary/aromatic N) is 1. The number of aliphatic hydroxyl groups excluding tert-OH is 2. The summed E-state index contributed by atoms with van der Waals surface area (Å²) in [7, 11) is 0. The van der Waals surface area contributed by atoms with Crippen LogP contribution in [0.2, 0.25) is 0 Å². The maximum Gasteiger partial charge on any atom is 0.139 e. The minimum absolute atomic E-state index is 0.0921. The van der Waals surface area contributed by atoms with E-state index in [2.05, 4.69) is 16.0 Å². The summed E-state index contributed by atoms with van der Waals surface area (Å²) in [6, 6.07) is 11.3. The van der Waals surface area contributed by atoms with Crippen LogP contribution in [-0.4, -0.2) is 72.4 Å². The zero-order valence-electron chi connectivity index (χ0n) is 17.4. The maximum atomic E-state index is 10.7. The molecule has 2 rings (SSSR count). The average Bonchev–Trinajstić information content (AvgIpc) is 2.74. The van der Waals surface area contributed by atoms with Gasteiger partial charge in [0.15, 0.2) is 0 Å². The number of nitrogens with one attached hydrogen (secondary N) is 3. The summed E-state index contributed by atoms with van der Waals surface area (Å²) in [5.41, 5.74) is 4.06. The van der Waals surface area contributed by atoms with Crippen molar-refractivity contribution in [3.8, 4) is 5.75 Å². The standard InChI is InChI=1S/C22H32N4O4/c1-17-15-21(20(16-22(17)30)24-8-12-27)25-19-5-3-18(4-6-19)23-7-2-9-26(10-13-28)11-14-29/h3-6,12,15-16,23-25,28-30H,2,7-11,13-14H2,1H3. The molecule has 0 heterocycles. The summed E-state index contributed by atoms with van der Waals surface area (Å²) in [5.74, 6) is 0.171. The number of aromatic hydroxyl groups is 1. The first-order valence-corrected chi connectivity index (χ1v) is 10.1. The van der Waals surface area contributed by atoms with Crippen molar-refractivity contribution in [1.82, 2.24) is 4.90 Å². The van der Waals surface area contributed by atoms with Crippen LogP contribution in [0, 0.1) is 6.92 Å². The summed E-state index contributed by atoms with van der Waals surface area (Å²) in [6.45, 7) is 4.90. The first-order valence-electron chi connectivity index (χ1n) is 10.1. The third-order valence-corrected chi connectivity index (χ3v) is 4.69. The Kier molecular flexibility index (Phi) is 9.93. The van der Waals surface area contributed by atoms with E-state index < -0.39 is 0 Å². The third kappa shape index (κ3) is 7.55. The molecule has 0 bridgehead atoms. The van der Waals surface area contributed by atoms with E-state index in [9.17, 15) is 9.90 Å². The number of hydrogen-bond acceptors (Lipinski definition) is 8. The average molecular weight is 417 g/mol. The lowest BCUT2D eigenvalue weighted by Gasteiger charge is -2.20. The fourth-order valence-corrected chi connectivity index (χ4v) is 3.08. The van der Waals surface area contributed by atoms with Crippen LogP contribution in [0.15, 0.2) is 36.4 Å². The fourth-order valence-electron chi connectivity index (χ4n) is 3.08. The normalized spacial score (nSPS) is 10.8. The Balaban J connectivity index is 1.90. The Morgan fingerprint density at radius 1 is 0.933 bits per heavy atom. The van der Waals surface area contributed by atoms with E-state index in [-0.39, 0.29) is 25.5 Å². The van der Waals surface area contributed by atoms with E-state index in [0.717, 1.165) is 48.4 Å². The molecule has 0 unspecified atom stereocenters. The predicted octanol–water partition coefficient (Wildman–Crippen LogP) is 2.14. The molecule has 0 radical (unpaired) electrons. The number of rotatable bonds is 14. The highest BCUT2D eigenvalue weighted by atomic mass is 16.3. The minimum Gasteiger partial charge on any atom is -0.508 e. The first-order chi connectivity index (χ1) is 14.6. The molecule has 0 spiro atoms. The number of aryl methyl sites for hydroxylation is 1. The van der Waals surface area contributed by atoms with Gasteiger partial charge in [0, 0.05) is 37.1 Å². The van der Waals surface area contributed by atoms with Crippen LogP contribution < -0.4 is 16.0 Å². The fraction of sp³-hybridized carbons (Fsp3) is 0.409. The number of aldehydes is 1. The second-order valence-corrected chi connectivity index (χ2v) is 7.00. The Morgan fingerprint density at radius 2 is 1.60 bits per heavy atom. The summed E-state index contributed by atoms with van der Waals surface area (Å²) in [4.78, 5) is 12.7. The van der Waals surface area contributed by atoms with Gasteiger partial charge in [-0.2, -0.15) is 0 Å². The van der Waals surface area contributed by atoms with E-state index in [1.807, 2.05) is 42.2 Å². The highest BCUT2D eigenvalue weighted by Gasteiger charge is 2.08. The molecule has 0 atom stereocenters. The molecule has 8 nitrogen and oxygen atoms in total. The zero-order chi connectivity index (χ0) is 21.8.